The summed E-state index contributed by atoms with van der Waals surface area (Å²) in [5.41, 5.74) is 3.04. The van der Waals surface area contributed by atoms with Gasteiger partial charge in [0.1, 0.15) is 12.4 Å². The summed E-state index contributed by atoms with van der Waals surface area (Å²) in [6.45, 7) is 3.84. The van der Waals surface area contributed by atoms with E-state index in [0.29, 0.717) is 39.3 Å². The second-order valence-electron chi connectivity index (χ2n) is 8.60. The van der Waals surface area contributed by atoms with Gasteiger partial charge in [0.15, 0.2) is 0 Å². The number of piperazine rings is 1. The van der Waals surface area contributed by atoms with Crippen LogP contribution in [0.1, 0.15) is 24.0 Å². The number of rotatable bonds is 9. The Morgan fingerprint density at radius 3 is 2.79 bits per heavy atom. The molecule has 4 rings (SSSR count). The number of benzene rings is 2. The first kappa shape index (κ1) is 24.0. The van der Waals surface area contributed by atoms with Crippen LogP contribution in [-0.2, 0) is 27.3 Å². The highest BCUT2D eigenvalue weighted by atomic mass is 16.6. The van der Waals surface area contributed by atoms with Crippen LogP contribution in [0.25, 0.3) is 0 Å². The standard InChI is InChI=1S/C26H33N3O5/c1-32-16-14-29-24-9-8-23(17-21(24)7-10-25(29)30)33-15-11-22-18-28(13-12-27-22)26(31)34-19-20-5-3-2-4-6-20/h2-6,8-9,17,22,27H,7,10-16,18-19H2,1H3/t22-/m1/s1. The highest BCUT2D eigenvalue weighted by molar-refractivity contribution is 5.96. The van der Waals surface area contributed by atoms with E-state index in [-0.39, 0.29) is 24.6 Å². The molecule has 0 unspecified atom stereocenters. The van der Waals surface area contributed by atoms with E-state index in [4.69, 9.17) is 14.2 Å². The van der Waals surface area contributed by atoms with E-state index in [0.717, 1.165) is 42.0 Å². The molecule has 0 bridgehead atoms. The van der Waals surface area contributed by atoms with Crippen LogP contribution < -0.4 is 15.0 Å². The van der Waals surface area contributed by atoms with Gasteiger partial charge in [-0.3, -0.25) is 4.79 Å². The van der Waals surface area contributed by atoms with Crippen LogP contribution >= 0.6 is 0 Å². The van der Waals surface area contributed by atoms with Crippen molar-refractivity contribution in [1.82, 2.24) is 10.2 Å². The zero-order valence-corrected chi connectivity index (χ0v) is 19.7. The number of methoxy groups -OCH3 is 1. The number of aryl methyl sites for hydroxylation is 1. The molecule has 1 atom stereocenters. The van der Waals surface area contributed by atoms with Crippen molar-refractivity contribution in [2.24, 2.45) is 0 Å². The summed E-state index contributed by atoms with van der Waals surface area (Å²) in [5, 5.41) is 3.46. The first-order chi connectivity index (χ1) is 16.6. The Morgan fingerprint density at radius 1 is 1.12 bits per heavy atom. The topological polar surface area (TPSA) is 80.3 Å². The Hall–Kier alpha value is -3.10. The summed E-state index contributed by atoms with van der Waals surface area (Å²) in [7, 11) is 1.64. The molecule has 1 N–H and O–H groups in total. The van der Waals surface area contributed by atoms with Crippen molar-refractivity contribution in [3.8, 4) is 5.75 Å². The summed E-state index contributed by atoms with van der Waals surface area (Å²) in [5.74, 6) is 0.933. The van der Waals surface area contributed by atoms with E-state index in [1.54, 1.807) is 16.9 Å². The van der Waals surface area contributed by atoms with Crippen LogP contribution in [-0.4, -0.2) is 69.4 Å². The Bertz CT molecular complexity index is 968. The summed E-state index contributed by atoms with van der Waals surface area (Å²) in [6, 6.07) is 15.8. The van der Waals surface area contributed by atoms with Gasteiger partial charge >= 0.3 is 6.09 Å². The van der Waals surface area contributed by atoms with E-state index in [2.05, 4.69) is 5.32 Å². The Balaban J connectivity index is 1.24. The molecule has 2 heterocycles. The van der Waals surface area contributed by atoms with Gasteiger partial charge in [0.25, 0.3) is 0 Å². The zero-order valence-electron chi connectivity index (χ0n) is 19.7. The fourth-order valence-electron chi connectivity index (χ4n) is 4.37. The summed E-state index contributed by atoms with van der Waals surface area (Å²) in [6.07, 6.45) is 1.72. The van der Waals surface area contributed by atoms with Crippen LogP contribution in [0.15, 0.2) is 48.5 Å². The molecule has 8 nitrogen and oxygen atoms in total. The number of carbonyl (C=O) groups is 2. The summed E-state index contributed by atoms with van der Waals surface area (Å²) in [4.78, 5) is 28.3. The van der Waals surface area contributed by atoms with Crippen molar-refractivity contribution in [2.45, 2.75) is 31.9 Å². The SMILES string of the molecule is COCCN1C(=O)CCc2cc(OCC[C@@H]3CN(C(=O)OCc4ccccc4)CCN3)ccc21. The average Bonchev–Trinajstić information content (AvgIpc) is 2.87. The minimum Gasteiger partial charge on any atom is -0.494 e. The zero-order chi connectivity index (χ0) is 23.8. The molecule has 2 amide bonds. The van der Waals surface area contributed by atoms with Gasteiger partial charge in [-0.25, -0.2) is 4.79 Å². The Kier molecular flexibility index (Phi) is 8.38. The normalized spacial score (nSPS) is 17.9. The fourth-order valence-corrected chi connectivity index (χ4v) is 4.37. The molecule has 0 spiro atoms. The van der Waals surface area contributed by atoms with Crippen molar-refractivity contribution in [1.29, 1.82) is 0 Å². The highest BCUT2D eigenvalue weighted by Gasteiger charge is 2.25. The number of ether oxygens (including phenoxy) is 3. The van der Waals surface area contributed by atoms with Crippen molar-refractivity contribution in [2.75, 3.05) is 51.4 Å². The molecule has 0 aromatic heterocycles. The molecule has 1 fully saturated rings. The maximum atomic E-state index is 12.5. The van der Waals surface area contributed by atoms with Crippen molar-refractivity contribution in [3.05, 3.63) is 59.7 Å². The van der Waals surface area contributed by atoms with Gasteiger partial charge in [0.2, 0.25) is 5.91 Å². The summed E-state index contributed by atoms with van der Waals surface area (Å²) < 4.78 is 16.6. The third-order valence-corrected chi connectivity index (χ3v) is 6.22. The van der Waals surface area contributed by atoms with Gasteiger partial charge in [-0.1, -0.05) is 30.3 Å². The number of amides is 2. The van der Waals surface area contributed by atoms with Crippen LogP contribution in [0.3, 0.4) is 0 Å². The van der Waals surface area contributed by atoms with Crippen LogP contribution in [0.4, 0.5) is 10.5 Å². The maximum Gasteiger partial charge on any atom is 0.410 e. The van der Waals surface area contributed by atoms with Gasteiger partial charge in [0.05, 0.1) is 13.2 Å². The Labute approximate surface area is 200 Å². The number of carbonyl (C=O) groups excluding carboxylic acids is 2. The van der Waals surface area contributed by atoms with Gasteiger partial charge in [-0.2, -0.15) is 0 Å². The minimum absolute atomic E-state index is 0.133. The van der Waals surface area contributed by atoms with Crippen LogP contribution in [0.5, 0.6) is 5.75 Å². The quantitative estimate of drug-likeness (QED) is 0.611. The van der Waals surface area contributed by atoms with Gasteiger partial charge < -0.3 is 29.3 Å². The molecule has 0 saturated carbocycles. The monoisotopic (exact) mass is 467 g/mol. The van der Waals surface area contributed by atoms with Crippen LogP contribution in [0.2, 0.25) is 0 Å². The predicted molar refractivity (Wildman–Crippen MR) is 129 cm³/mol. The van der Waals surface area contributed by atoms with Gasteiger partial charge in [-0.15, -0.1) is 0 Å². The average molecular weight is 468 g/mol. The van der Waals surface area contributed by atoms with Gasteiger partial charge in [0, 0.05) is 51.4 Å². The van der Waals surface area contributed by atoms with E-state index in [9.17, 15) is 9.59 Å². The lowest BCUT2D eigenvalue weighted by Crippen LogP contribution is -2.53. The number of nitrogens with one attached hydrogen (secondary N) is 1. The largest absolute Gasteiger partial charge is 0.494 e. The van der Waals surface area contributed by atoms with Crippen molar-refractivity contribution in [3.63, 3.8) is 0 Å². The molecule has 0 aliphatic carbocycles. The number of hydrogen-bond donors (Lipinski definition) is 1. The van der Waals surface area contributed by atoms with E-state index < -0.39 is 0 Å². The smallest absolute Gasteiger partial charge is 0.410 e. The lowest BCUT2D eigenvalue weighted by atomic mass is 10.0. The Morgan fingerprint density at radius 2 is 1.97 bits per heavy atom. The molecule has 34 heavy (non-hydrogen) atoms. The van der Waals surface area contributed by atoms with Crippen LogP contribution in [0, 0.1) is 0 Å². The van der Waals surface area contributed by atoms with Gasteiger partial charge in [-0.05, 0) is 42.2 Å². The molecule has 1 saturated heterocycles. The first-order valence-electron chi connectivity index (χ1n) is 11.9. The number of anilines is 1. The van der Waals surface area contributed by atoms with E-state index in [1.807, 2.05) is 48.5 Å². The molecular weight excluding hydrogens is 434 g/mol. The maximum absolute atomic E-state index is 12.5. The molecule has 182 valence electrons. The number of fused-ring (bicyclic) bond motifs is 1. The lowest BCUT2D eigenvalue weighted by Gasteiger charge is -2.33. The molecule has 2 aliphatic rings. The second kappa shape index (κ2) is 11.9. The third-order valence-electron chi connectivity index (χ3n) is 6.22. The van der Waals surface area contributed by atoms with Crippen molar-refractivity contribution < 1.29 is 23.8 Å². The molecular formula is C26H33N3O5. The third kappa shape index (κ3) is 6.27. The van der Waals surface area contributed by atoms with E-state index in [1.165, 1.54) is 0 Å². The fraction of sp³-hybridized carbons (Fsp3) is 0.462. The number of nitrogens with zero attached hydrogens (tertiary/aromatic N) is 2. The molecule has 2 aromatic carbocycles. The molecule has 0 radical (unpaired) electrons. The second-order valence-corrected chi connectivity index (χ2v) is 8.60. The summed E-state index contributed by atoms with van der Waals surface area (Å²) >= 11 is 0. The minimum atomic E-state index is -0.279. The highest BCUT2D eigenvalue weighted by Crippen LogP contribution is 2.31. The van der Waals surface area contributed by atoms with Crippen molar-refractivity contribution >= 4 is 17.7 Å². The molecule has 2 aliphatic heterocycles. The molecule has 8 heteroatoms. The first-order valence-corrected chi connectivity index (χ1v) is 11.9. The lowest BCUT2D eigenvalue weighted by molar-refractivity contribution is -0.119. The predicted octanol–water partition coefficient (Wildman–Crippen LogP) is 2.99. The number of hydrogen-bond acceptors (Lipinski definition) is 6. The van der Waals surface area contributed by atoms with E-state index >= 15 is 0 Å². The molecule has 2 aromatic rings.